The number of carbonyl (C=O) groups excluding carboxylic acids is 1. The van der Waals surface area contributed by atoms with Gasteiger partial charge in [0.25, 0.3) is 5.69 Å². The second kappa shape index (κ2) is 7.40. The summed E-state index contributed by atoms with van der Waals surface area (Å²) in [5.41, 5.74) is 0.562. The Kier molecular flexibility index (Phi) is 5.03. The molecular weight excluding hydrogens is 362 g/mol. The molecule has 1 aliphatic rings. The topological polar surface area (TPSA) is 122 Å². The molecular formula is C16H15N3O6S. The number of anilines is 1. The number of likely N-dealkylation sites (tertiary alicyclic amines) is 1. The second-order valence-electron chi connectivity index (χ2n) is 5.74. The summed E-state index contributed by atoms with van der Waals surface area (Å²) in [6.07, 6.45) is -1.82. The van der Waals surface area contributed by atoms with Gasteiger partial charge in [0.05, 0.1) is 11.5 Å². The third-order valence-electron chi connectivity index (χ3n) is 3.91. The quantitative estimate of drug-likeness (QED) is 0.607. The molecule has 2 aromatic rings. The normalized spacial score (nSPS) is 13.8. The molecule has 0 unspecified atom stereocenters. The van der Waals surface area contributed by atoms with Crippen molar-refractivity contribution in [1.29, 1.82) is 0 Å². The van der Waals surface area contributed by atoms with E-state index in [1.165, 1.54) is 28.4 Å². The van der Waals surface area contributed by atoms with Gasteiger partial charge in [-0.1, -0.05) is 6.07 Å². The zero-order valence-electron chi connectivity index (χ0n) is 13.5. The van der Waals surface area contributed by atoms with Gasteiger partial charge in [0.1, 0.15) is 5.69 Å². The molecule has 2 heterocycles. The molecule has 1 saturated heterocycles. The van der Waals surface area contributed by atoms with E-state index in [2.05, 4.69) is 5.32 Å². The van der Waals surface area contributed by atoms with E-state index >= 15 is 0 Å². The van der Waals surface area contributed by atoms with E-state index in [-0.39, 0.29) is 23.9 Å². The molecule has 0 spiro atoms. The van der Waals surface area contributed by atoms with Gasteiger partial charge in [-0.3, -0.25) is 15.4 Å². The Bertz CT molecular complexity index is 833. The van der Waals surface area contributed by atoms with Crippen LogP contribution in [0.4, 0.5) is 21.0 Å². The number of nitrogens with one attached hydrogen (secondary N) is 1. The maximum atomic E-state index is 12.0. The summed E-state index contributed by atoms with van der Waals surface area (Å²) in [5.74, 6) is -0.0655. The van der Waals surface area contributed by atoms with Gasteiger partial charge in [-0.05, 0) is 29.1 Å². The first-order valence-corrected chi connectivity index (χ1v) is 8.56. The van der Waals surface area contributed by atoms with Crippen LogP contribution in [0.1, 0.15) is 0 Å². The number of carbonyl (C=O) groups is 2. The fourth-order valence-electron chi connectivity index (χ4n) is 2.56. The fourth-order valence-corrected chi connectivity index (χ4v) is 3.29. The summed E-state index contributed by atoms with van der Waals surface area (Å²) in [7, 11) is 0. The molecule has 3 rings (SSSR count). The molecule has 1 aromatic carbocycles. The van der Waals surface area contributed by atoms with Crippen molar-refractivity contribution in [2.45, 2.75) is 0 Å². The highest BCUT2D eigenvalue weighted by Crippen LogP contribution is 2.32. The summed E-state index contributed by atoms with van der Waals surface area (Å²) in [6.45, 7) is 0.654. The minimum Gasteiger partial charge on any atom is -0.465 e. The molecule has 0 atom stereocenters. The monoisotopic (exact) mass is 377 g/mol. The largest absolute Gasteiger partial charge is 0.465 e. The van der Waals surface area contributed by atoms with Crippen LogP contribution in [0.3, 0.4) is 0 Å². The number of ether oxygens (including phenoxy) is 1. The third kappa shape index (κ3) is 3.91. The van der Waals surface area contributed by atoms with Gasteiger partial charge in [-0.15, -0.1) is 11.3 Å². The highest BCUT2D eigenvalue weighted by atomic mass is 32.1. The number of nitro groups is 1. The van der Waals surface area contributed by atoms with E-state index in [1.807, 2.05) is 17.5 Å². The van der Waals surface area contributed by atoms with Crippen LogP contribution in [-0.4, -0.2) is 46.8 Å². The summed E-state index contributed by atoms with van der Waals surface area (Å²) >= 11 is 1.48. The summed E-state index contributed by atoms with van der Waals surface area (Å²) in [4.78, 5) is 35.4. The average molecular weight is 377 g/mol. The number of nitro benzene ring substituents is 1. The van der Waals surface area contributed by atoms with Crippen molar-refractivity contribution in [3.05, 3.63) is 45.8 Å². The van der Waals surface area contributed by atoms with Gasteiger partial charge in [0.2, 0.25) is 0 Å². The smallest absolute Gasteiger partial charge is 0.411 e. The van der Waals surface area contributed by atoms with Crippen molar-refractivity contribution in [3.8, 4) is 10.4 Å². The lowest BCUT2D eigenvalue weighted by atomic mass is 10.0. The molecule has 9 nitrogen and oxygen atoms in total. The van der Waals surface area contributed by atoms with Gasteiger partial charge in [-0.2, -0.15) is 0 Å². The van der Waals surface area contributed by atoms with Crippen LogP contribution >= 0.6 is 11.3 Å². The maximum absolute atomic E-state index is 12.0. The number of hydrogen-bond donors (Lipinski definition) is 2. The van der Waals surface area contributed by atoms with Crippen molar-refractivity contribution in [2.75, 3.05) is 25.0 Å². The Morgan fingerprint density at radius 2 is 2.15 bits per heavy atom. The van der Waals surface area contributed by atoms with Gasteiger partial charge >= 0.3 is 12.2 Å². The number of nitrogens with zero attached hydrogens (tertiary/aromatic N) is 2. The molecule has 1 aliphatic heterocycles. The maximum Gasteiger partial charge on any atom is 0.411 e. The van der Waals surface area contributed by atoms with E-state index in [4.69, 9.17) is 9.84 Å². The zero-order chi connectivity index (χ0) is 18.7. The minimum atomic E-state index is -1.01. The molecule has 2 N–H and O–H groups in total. The number of rotatable bonds is 5. The molecule has 0 saturated carbocycles. The lowest BCUT2D eigenvalue weighted by molar-refractivity contribution is -0.383. The number of hydrogen-bond acceptors (Lipinski definition) is 6. The van der Waals surface area contributed by atoms with Crippen LogP contribution in [0, 0.1) is 16.0 Å². The van der Waals surface area contributed by atoms with Crippen LogP contribution in [-0.2, 0) is 4.74 Å². The standard InChI is InChI=1S/C16H15N3O6S/c20-15(25-9-10-7-18(8-10)16(21)22)17-12-6-11(14-2-1-5-26-14)3-4-13(12)19(23)24/h1-6,10H,7-9H2,(H,17,20)(H,21,22). The summed E-state index contributed by atoms with van der Waals surface area (Å²) in [5, 5.41) is 24.2. The van der Waals surface area contributed by atoms with Crippen LogP contribution in [0.15, 0.2) is 35.7 Å². The Balaban J connectivity index is 1.64. The van der Waals surface area contributed by atoms with Crippen LogP contribution in [0.5, 0.6) is 0 Å². The molecule has 26 heavy (non-hydrogen) atoms. The molecule has 136 valence electrons. The SMILES string of the molecule is O=C(Nc1cc(-c2cccs2)ccc1[N+](=O)[O-])OCC1CN(C(=O)O)C1. The van der Waals surface area contributed by atoms with E-state index in [0.717, 1.165) is 10.4 Å². The Morgan fingerprint density at radius 3 is 2.77 bits per heavy atom. The first-order chi connectivity index (χ1) is 12.4. The van der Waals surface area contributed by atoms with E-state index in [1.54, 1.807) is 6.07 Å². The van der Waals surface area contributed by atoms with Crippen molar-refractivity contribution in [2.24, 2.45) is 5.92 Å². The lowest BCUT2D eigenvalue weighted by Gasteiger charge is -2.36. The third-order valence-corrected chi connectivity index (χ3v) is 4.83. The van der Waals surface area contributed by atoms with Crippen molar-refractivity contribution in [3.63, 3.8) is 0 Å². The van der Waals surface area contributed by atoms with Gasteiger partial charge in [0.15, 0.2) is 0 Å². The van der Waals surface area contributed by atoms with Gasteiger partial charge in [0, 0.05) is 30.0 Å². The van der Waals surface area contributed by atoms with Crippen LogP contribution in [0.25, 0.3) is 10.4 Å². The predicted molar refractivity (Wildman–Crippen MR) is 94.5 cm³/mol. The minimum absolute atomic E-state index is 0.0478. The van der Waals surface area contributed by atoms with Gasteiger partial charge < -0.3 is 14.7 Å². The van der Waals surface area contributed by atoms with E-state index in [0.29, 0.717) is 13.1 Å². The lowest BCUT2D eigenvalue weighted by Crippen LogP contribution is -2.51. The highest BCUT2D eigenvalue weighted by Gasteiger charge is 2.31. The zero-order valence-corrected chi connectivity index (χ0v) is 14.3. The first kappa shape index (κ1) is 17.7. The number of carboxylic acid groups (broad SMARTS) is 1. The number of amides is 2. The van der Waals surface area contributed by atoms with Crippen LogP contribution < -0.4 is 5.32 Å². The molecule has 10 heteroatoms. The van der Waals surface area contributed by atoms with Gasteiger partial charge in [-0.25, -0.2) is 9.59 Å². The Hall–Kier alpha value is -3.14. The van der Waals surface area contributed by atoms with Crippen molar-refractivity contribution < 1.29 is 24.4 Å². The predicted octanol–water partition coefficient (Wildman–Crippen LogP) is 3.48. The van der Waals surface area contributed by atoms with E-state index < -0.39 is 17.1 Å². The molecule has 0 bridgehead atoms. The molecule has 0 radical (unpaired) electrons. The number of benzene rings is 1. The average Bonchev–Trinajstić information content (AvgIpc) is 3.07. The first-order valence-electron chi connectivity index (χ1n) is 7.68. The van der Waals surface area contributed by atoms with Crippen molar-refractivity contribution in [1.82, 2.24) is 4.90 Å². The molecule has 2 amide bonds. The fraction of sp³-hybridized carbons (Fsp3) is 0.250. The highest BCUT2D eigenvalue weighted by molar-refractivity contribution is 7.13. The van der Waals surface area contributed by atoms with E-state index in [9.17, 15) is 19.7 Å². The second-order valence-corrected chi connectivity index (χ2v) is 6.69. The molecule has 1 aromatic heterocycles. The number of thiophene rings is 1. The Labute approximate surface area is 152 Å². The van der Waals surface area contributed by atoms with Crippen molar-refractivity contribution >= 4 is 34.9 Å². The van der Waals surface area contributed by atoms with Crippen LogP contribution in [0.2, 0.25) is 0 Å². The molecule has 0 aliphatic carbocycles. The Morgan fingerprint density at radius 1 is 1.38 bits per heavy atom. The summed E-state index contributed by atoms with van der Waals surface area (Å²) < 4.78 is 5.05. The molecule has 1 fully saturated rings. The summed E-state index contributed by atoms with van der Waals surface area (Å²) in [6, 6.07) is 8.22.